The molecule has 1 rings (SSSR count). The SMILES string of the molecule is C=CC(=O)OCCC[SiH2]OCC.O=C(O)C1C=CCCC1C(=O)O. The van der Waals surface area contributed by atoms with Gasteiger partial charge in [0.25, 0.3) is 0 Å². The van der Waals surface area contributed by atoms with Crippen LogP contribution in [0.15, 0.2) is 24.8 Å². The average molecular weight is 358 g/mol. The van der Waals surface area contributed by atoms with Gasteiger partial charge >= 0.3 is 17.9 Å². The minimum Gasteiger partial charge on any atom is -0.481 e. The zero-order valence-corrected chi connectivity index (χ0v) is 15.4. The smallest absolute Gasteiger partial charge is 0.330 e. The third-order valence-corrected chi connectivity index (χ3v) is 4.81. The molecule has 136 valence electrons. The van der Waals surface area contributed by atoms with Gasteiger partial charge in [0.05, 0.1) is 18.4 Å². The van der Waals surface area contributed by atoms with E-state index in [4.69, 9.17) is 19.4 Å². The fourth-order valence-corrected chi connectivity index (χ4v) is 2.95. The van der Waals surface area contributed by atoms with E-state index < -0.39 is 23.8 Å². The molecule has 0 saturated carbocycles. The molecule has 1 aliphatic rings. The third-order valence-electron chi connectivity index (χ3n) is 3.32. The molecule has 1 aliphatic carbocycles. The minimum absolute atomic E-state index is 0.340. The van der Waals surface area contributed by atoms with Crippen molar-refractivity contribution in [2.75, 3.05) is 13.2 Å². The average Bonchev–Trinajstić information content (AvgIpc) is 2.58. The third kappa shape index (κ3) is 9.96. The van der Waals surface area contributed by atoms with Crippen LogP contribution in [0.5, 0.6) is 0 Å². The first kappa shape index (κ1) is 22.1. The number of rotatable bonds is 9. The first-order valence-electron chi connectivity index (χ1n) is 7.93. The summed E-state index contributed by atoms with van der Waals surface area (Å²) in [5.41, 5.74) is 0. The Hall–Kier alpha value is -1.93. The summed E-state index contributed by atoms with van der Waals surface area (Å²) in [4.78, 5) is 31.7. The molecule has 0 saturated heterocycles. The maximum Gasteiger partial charge on any atom is 0.330 e. The number of carbonyl (C=O) groups excluding carboxylic acids is 1. The van der Waals surface area contributed by atoms with Crippen molar-refractivity contribution in [1.29, 1.82) is 0 Å². The van der Waals surface area contributed by atoms with Crippen molar-refractivity contribution in [1.82, 2.24) is 0 Å². The lowest BCUT2D eigenvalue weighted by Crippen LogP contribution is -2.30. The van der Waals surface area contributed by atoms with Crippen LogP contribution in [0.25, 0.3) is 0 Å². The molecule has 24 heavy (non-hydrogen) atoms. The molecule has 8 heteroatoms. The van der Waals surface area contributed by atoms with Crippen LogP contribution in [0.4, 0.5) is 0 Å². The van der Waals surface area contributed by atoms with Gasteiger partial charge in [-0.05, 0) is 32.2 Å². The van der Waals surface area contributed by atoms with Gasteiger partial charge in [0.2, 0.25) is 0 Å². The van der Waals surface area contributed by atoms with Gasteiger partial charge in [-0.2, -0.15) is 0 Å². The number of ether oxygens (including phenoxy) is 1. The van der Waals surface area contributed by atoms with Gasteiger partial charge in [0.15, 0.2) is 9.76 Å². The van der Waals surface area contributed by atoms with Gasteiger partial charge in [-0.1, -0.05) is 18.7 Å². The topological polar surface area (TPSA) is 110 Å². The Balaban J connectivity index is 0.000000441. The molecule has 0 heterocycles. The molecule has 2 unspecified atom stereocenters. The molecule has 0 aliphatic heterocycles. The molecule has 0 aromatic heterocycles. The van der Waals surface area contributed by atoms with Crippen molar-refractivity contribution in [2.45, 2.75) is 32.2 Å². The van der Waals surface area contributed by atoms with Crippen LogP contribution in [0.2, 0.25) is 6.04 Å². The highest BCUT2D eigenvalue weighted by atomic mass is 28.2. The Bertz CT molecular complexity index is 448. The lowest BCUT2D eigenvalue weighted by molar-refractivity contribution is -0.152. The van der Waals surface area contributed by atoms with Crippen molar-refractivity contribution in [2.24, 2.45) is 11.8 Å². The number of allylic oxidation sites excluding steroid dienone is 1. The maximum absolute atomic E-state index is 10.6. The van der Waals surface area contributed by atoms with E-state index in [1.807, 2.05) is 6.92 Å². The van der Waals surface area contributed by atoms with Crippen molar-refractivity contribution in [3.63, 3.8) is 0 Å². The van der Waals surface area contributed by atoms with E-state index in [-0.39, 0.29) is 15.7 Å². The maximum atomic E-state index is 10.6. The quantitative estimate of drug-likeness (QED) is 0.211. The van der Waals surface area contributed by atoms with Crippen LogP contribution < -0.4 is 0 Å². The number of carbonyl (C=O) groups is 3. The van der Waals surface area contributed by atoms with E-state index in [1.165, 1.54) is 12.2 Å². The van der Waals surface area contributed by atoms with Crippen molar-refractivity contribution in [3.8, 4) is 0 Å². The van der Waals surface area contributed by atoms with Gasteiger partial charge in [-0.15, -0.1) is 0 Å². The molecule has 2 N–H and O–H groups in total. The summed E-state index contributed by atoms with van der Waals surface area (Å²) in [5, 5.41) is 17.3. The van der Waals surface area contributed by atoms with Gasteiger partial charge in [-0.25, -0.2) is 4.79 Å². The predicted molar refractivity (Wildman–Crippen MR) is 91.4 cm³/mol. The van der Waals surface area contributed by atoms with Crippen LogP contribution in [-0.2, 0) is 23.5 Å². The van der Waals surface area contributed by atoms with Crippen LogP contribution in [0, 0.1) is 11.8 Å². The van der Waals surface area contributed by atoms with Crippen LogP contribution in [0.3, 0.4) is 0 Å². The molecule has 0 fully saturated rings. The fourth-order valence-electron chi connectivity index (χ4n) is 2.05. The van der Waals surface area contributed by atoms with Crippen molar-refractivity contribution >= 4 is 27.7 Å². The Morgan fingerprint density at radius 3 is 2.54 bits per heavy atom. The molecule has 0 aromatic carbocycles. The molecule has 0 amide bonds. The Morgan fingerprint density at radius 2 is 2.04 bits per heavy atom. The normalized spacial score (nSPS) is 19.4. The predicted octanol–water partition coefficient (Wildman–Crippen LogP) is 1.38. The van der Waals surface area contributed by atoms with E-state index in [0.29, 0.717) is 19.4 Å². The largest absolute Gasteiger partial charge is 0.481 e. The molecular weight excluding hydrogens is 332 g/mol. The summed E-state index contributed by atoms with van der Waals surface area (Å²) in [6.45, 7) is 6.58. The molecule has 2 atom stereocenters. The van der Waals surface area contributed by atoms with Crippen molar-refractivity contribution < 1.29 is 33.8 Å². The Labute approximate surface area is 144 Å². The lowest BCUT2D eigenvalue weighted by Gasteiger charge is -2.19. The zero-order valence-electron chi connectivity index (χ0n) is 14.0. The highest BCUT2D eigenvalue weighted by Gasteiger charge is 2.32. The van der Waals surface area contributed by atoms with E-state index >= 15 is 0 Å². The van der Waals surface area contributed by atoms with Gasteiger partial charge < -0.3 is 19.4 Å². The summed E-state index contributed by atoms with van der Waals surface area (Å²) in [7, 11) is -0.357. The summed E-state index contributed by atoms with van der Waals surface area (Å²) in [5.74, 6) is -4.03. The number of carboxylic acid groups (broad SMARTS) is 2. The fraction of sp³-hybridized carbons (Fsp3) is 0.562. The van der Waals surface area contributed by atoms with E-state index in [0.717, 1.165) is 19.1 Å². The number of carboxylic acids is 2. The summed E-state index contributed by atoms with van der Waals surface area (Å²) in [6.07, 6.45) is 6.35. The van der Waals surface area contributed by atoms with Gasteiger partial charge in [-0.3, -0.25) is 9.59 Å². The number of esters is 1. The second-order valence-corrected chi connectivity index (χ2v) is 6.61. The molecule has 0 aromatic rings. The van der Waals surface area contributed by atoms with Crippen LogP contribution in [0.1, 0.15) is 26.2 Å². The lowest BCUT2D eigenvalue weighted by atomic mass is 9.84. The van der Waals surface area contributed by atoms with E-state index in [2.05, 4.69) is 6.58 Å². The first-order chi connectivity index (χ1) is 11.4. The zero-order chi connectivity index (χ0) is 18.4. The highest BCUT2D eigenvalue weighted by molar-refractivity contribution is 6.26. The Kier molecular flexibility index (Phi) is 12.4. The molecule has 7 nitrogen and oxygen atoms in total. The van der Waals surface area contributed by atoms with Gasteiger partial charge in [0.1, 0.15) is 0 Å². The van der Waals surface area contributed by atoms with E-state index in [9.17, 15) is 14.4 Å². The number of hydrogen-bond donors (Lipinski definition) is 2. The molecule has 0 bridgehead atoms. The van der Waals surface area contributed by atoms with Crippen molar-refractivity contribution in [3.05, 3.63) is 24.8 Å². The summed E-state index contributed by atoms with van der Waals surface area (Å²) >= 11 is 0. The Morgan fingerprint density at radius 1 is 1.33 bits per heavy atom. The molecule has 0 spiro atoms. The standard InChI is InChI=1S/C8H10O4.C8H16O3Si/c9-7(10)5-3-1-2-4-6(5)8(11)12;1-3-8(9)10-6-5-7-12-11-4-2/h1,3,5-6H,2,4H2,(H,9,10)(H,11,12);3H,1,4-7,12H2,2H3. The number of aliphatic carboxylic acids is 2. The second kappa shape index (κ2) is 13.5. The molecule has 0 radical (unpaired) electrons. The minimum atomic E-state index is -1.06. The van der Waals surface area contributed by atoms with Gasteiger partial charge in [0, 0.05) is 12.7 Å². The first-order valence-corrected chi connectivity index (χ1v) is 9.50. The summed E-state index contributed by atoms with van der Waals surface area (Å²) < 4.78 is 10.0. The van der Waals surface area contributed by atoms with Crippen LogP contribution >= 0.6 is 0 Å². The highest BCUT2D eigenvalue weighted by Crippen LogP contribution is 2.24. The molecular formula is C16H26O7Si. The monoisotopic (exact) mass is 358 g/mol. The number of hydrogen-bond acceptors (Lipinski definition) is 5. The van der Waals surface area contributed by atoms with Crippen LogP contribution in [-0.4, -0.2) is 51.1 Å². The summed E-state index contributed by atoms with van der Waals surface area (Å²) in [6, 6.07) is 1.07. The second-order valence-electron chi connectivity index (χ2n) is 5.09. The van der Waals surface area contributed by atoms with E-state index in [1.54, 1.807) is 6.08 Å².